The predicted molar refractivity (Wildman–Crippen MR) is 72.6 cm³/mol. The van der Waals surface area contributed by atoms with E-state index in [1.165, 1.54) is 23.4 Å². The highest BCUT2D eigenvalue weighted by atomic mass is 79.9. The van der Waals surface area contributed by atoms with E-state index in [2.05, 4.69) is 70.7 Å². The van der Waals surface area contributed by atoms with E-state index >= 15 is 0 Å². The van der Waals surface area contributed by atoms with E-state index in [-0.39, 0.29) is 0 Å². The molecule has 0 aliphatic rings. The minimum absolute atomic E-state index is 1.09. The van der Waals surface area contributed by atoms with Gasteiger partial charge in [-0.3, -0.25) is 0 Å². The lowest BCUT2D eigenvalue weighted by atomic mass is 10.1. The van der Waals surface area contributed by atoms with Gasteiger partial charge in [0.15, 0.2) is 0 Å². The SMILES string of the molecule is CCCn1c(C)ccc1-c1ccc(Br)cc1. The van der Waals surface area contributed by atoms with Gasteiger partial charge < -0.3 is 4.57 Å². The van der Waals surface area contributed by atoms with Gasteiger partial charge in [-0.2, -0.15) is 0 Å². The lowest BCUT2D eigenvalue weighted by Crippen LogP contribution is -2.00. The van der Waals surface area contributed by atoms with Crippen molar-refractivity contribution in [1.82, 2.24) is 4.57 Å². The van der Waals surface area contributed by atoms with Gasteiger partial charge in [0.2, 0.25) is 0 Å². The van der Waals surface area contributed by atoms with Crippen LogP contribution in [0.1, 0.15) is 19.0 Å². The minimum atomic E-state index is 1.09. The Hall–Kier alpha value is -1.02. The first kappa shape index (κ1) is 11.5. The average molecular weight is 278 g/mol. The number of rotatable bonds is 3. The van der Waals surface area contributed by atoms with E-state index in [0.717, 1.165) is 11.0 Å². The highest BCUT2D eigenvalue weighted by Crippen LogP contribution is 2.24. The highest BCUT2D eigenvalue weighted by Gasteiger charge is 2.06. The van der Waals surface area contributed by atoms with Crippen LogP contribution in [-0.4, -0.2) is 4.57 Å². The Morgan fingerprint density at radius 1 is 1.06 bits per heavy atom. The Bertz CT molecular complexity index is 468. The van der Waals surface area contributed by atoms with Crippen molar-refractivity contribution in [3.05, 3.63) is 46.6 Å². The van der Waals surface area contributed by atoms with Crippen molar-refractivity contribution in [2.24, 2.45) is 0 Å². The number of aromatic nitrogens is 1. The van der Waals surface area contributed by atoms with Gasteiger partial charge in [-0.1, -0.05) is 35.0 Å². The van der Waals surface area contributed by atoms with Gasteiger partial charge in [0, 0.05) is 22.4 Å². The molecule has 0 saturated carbocycles. The summed E-state index contributed by atoms with van der Waals surface area (Å²) in [6.45, 7) is 5.47. The summed E-state index contributed by atoms with van der Waals surface area (Å²) >= 11 is 3.47. The lowest BCUT2D eigenvalue weighted by Gasteiger charge is -2.10. The van der Waals surface area contributed by atoms with Gasteiger partial charge in [-0.05, 0) is 43.2 Å². The number of halogens is 1. The van der Waals surface area contributed by atoms with Crippen LogP contribution in [0.4, 0.5) is 0 Å². The smallest absolute Gasteiger partial charge is 0.0482 e. The van der Waals surface area contributed by atoms with E-state index in [4.69, 9.17) is 0 Å². The van der Waals surface area contributed by atoms with E-state index in [0.29, 0.717) is 0 Å². The van der Waals surface area contributed by atoms with Crippen LogP contribution in [0, 0.1) is 6.92 Å². The Kier molecular flexibility index (Phi) is 3.49. The van der Waals surface area contributed by atoms with Crippen LogP contribution >= 0.6 is 15.9 Å². The maximum Gasteiger partial charge on any atom is 0.0482 e. The molecule has 0 amide bonds. The topological polar surface area (TPSA) is 4.93 Å². The van der Waals surface area contributed by atoms with Crippen molar-refractivity contribution >= 4 is 15.9 Å². The second-order valence-corrected chi connectivity index (χ2v) is 4.93. The van der Waals surface area contributed by atoms with Gasteiger partial charge in [-0.25, -0.2) is 0 Å². The van der Waals surface area contributed by atoms with E-state index < -0.39 is 0 Å². The molecule has 2 aromatic rings. The van der Waals surface area contributed by atoms with E-state index in [9.17, 15) is 0 Å². The van der Waals surface area contributed by atoms with Crippen molar-refractivity contribution in [3.8, 4) is 11.3 Å². The fourth-order valence-electron chi connectivity index (χ4n) is 1.96. The Morgan fingerprint density at radius 2 is 1.75 bits per heavy atom. The fourth-order valence-corrected chi connectivity index (χ4v) is 2.23. The predicted octanol–water partition coefficient (Wildman–Crippen LogP) is 4.64. The molecule has 0 spiro atoms. The Labute approximate surface area is 105 Å². The molecule has 0 saturated heterocycles. The molecule has 2 heteroatoms. The van der Waals surface area contributed by atoms with Gasteiger partial charge >= 0.3 is 0 Å². The van der Waals surface area contributed by atoms with Crippen molar-refractivity contribution < 1.29 is 0 Å². The molecule has 0 atom stereocenters. The zero-order valence-electron chi connectivity index (χ0n) is 9.70. The molecule has 0 fully saturated rings. The minimum Gasteiger partial charge on any atom is -0.345 e. The summed E-state index contributed by atoms with van der Waals surface area (Å²) in [5.74, 6) is 0. The van der Waals surface area contributed by atoms with Gasteiger partial charge in [0.1, 0.15) is 0 Å². The zero-order valence-corrected chi connectivity index (χ0v) is 11.3. The van der Waals surface area contributed by atoms with Crippen LogP contribution in [-0.2, 0) is 6.54 Å². The third-order valence-electron chi connectivity index (χ3n) is 2.79. The zero-order chi connectivity index (χ0) is 11.5. The molecule has 0 unspecified atom stereocenters. The summed E-state index contributed by atoms with van der Waals surface area (Å²) in [5, 5.41) is 0. The molecule has 0 bridgehead atoms. The van der Waals surface area contributed by atoms with Crippen LogP contribution in [0.25, 0.3) is 11.3 Å². The lowest BCUT2D eigenvalue weighted by molar-refractivity contribution is 0.672. The molecule has 1 nitrogen and oxygen atoms in total. The normalized spacial score (nSPS) is 10.7. The Balaban J connectivity index is 2.43. The van der Waals surface area contributed by atoms with E-state index in [1.807, 2.05) is 0 Å². The van der Waals surface area contributed by atoms with Crippen molar-refractivity contribution in [3.63, 3.8) is 0 Å². The average Bonchev–Trinajstić information content (AvgIpc) is 2.63. The number of benzene rings is 1. The Morgan fingerprint density at radius 3 is 2.38 bits per heavy atom. The summed E-state index contributed by atoms with van der Waals surface area (Å²) in [6.07, 6.45) is 1.17. The fraction of sp³-hybridized carbons (Fsp3) is 0.286. The van der Waals surface area contributed by atoms with Gasteiger partial charge in [-0.15, -0.1) is 0 Å². The van der Waals surface area contributed by atoms with Crippen molar-refractivity contribution in [2.45, 2.75) is 26.8 Å². The molecule has 1 aromatic carbocycles. The summed E-state index contributed by atoms with van der Waals surface area (Å²) < 4.78 is 3.50. The third-order valence-corrected chi connectivity index (χ3v) is 3.31. The van der Waals surface area contributed by atoms with Crippen LogP contribution < -0.4 is 0 Å². The number of aryl methyl sites for hydroxylation is 1. The van der Waals surface area contributed by atoms with Crippen LogP contribution in [0.2, 0.25) is 0 Å². The quantitative estimate of drug-likeness (QED) is 0.771. The van der Waals surface area contributed by atoms with E-state index in [1.54, 1.807) is 0 Å². The number of nitrogens with zero attached hydrogens (tertiary/aromatic N) is 1. The summed E-state index contributed by atoms with van der Waals surface area (Å²) in [6, 6.07) is 12.9. The highest BCUT2D eigenvalue weighted by molar-refractivity contribution is 9.10. The summed E-state index contributed by atoms with van der Waals surface area (Å²) in [5.41, 5.74) is 3.93. The molecule has 0 aliphatic carbocycles. The third kappa shape index (κ3) is 2.22. The van der Waals surface area contributed by atoms with Gasteiger partial charge in [0.05, 0.1) is 0 Å². The second kappa shape index (κ2) is 4.88. The first-order valence-corrected chi connectivity index (χ1v) is 6.43. The molecule has 2 rings (SSSR count). The van der Waals surface area contributed by atoms with Crippen LogP contribution in [0.3, 0.4) is 0 Å². The standard InChI is InChI=1S/C14H16BrN/c1-3-10-16-11(2)4-9-14(16)12-5-7-13(15)8-6-12/h4-9H,3,10H2,1-2H3. The molecule has 0 N–H and O–H groups in total. The van der Waals surface area contributed by atoms with Crippen molar-refractivity contribution in [2.75, 3.05) is 0 Å². The molecule has 0 radical (unpaired) electrons. The molecule has 1 aromatic heterocycles. The summed E-state index contributed by atoms with van der Waals surface area (Å²) in [7, 11) is 0. The van der Waals surface area contributed by atoms with Crippen LogP contribution in [0.5, 0.6) is 0 Å². The molecule has 0 aliphatic heterocycles. The summed E-state index contributed by atoms with van der Waals surface area (Å²) in [4.78, 5) is 0. The second-order valence-electron chi connectivity index (χ2n) is 4.02. The number of hydrogen-bond donors (Lipinski definition) is 0. The maximum atomic E-state index is 3.47. The molecule has 16 heavy (non-hydrogen) atoms. The van der Waals surface area contributed by atoms with Gasteiger partial charge in [0.25, 0.3) is 0 Å². The largest absolute Gasteiger partial charge is 0.345 e. The van der Waals surface area contributed by atoms with Crippen molar-refractivity contribution in [1.29, 1.82) is 0 Å². The van der Waals surface area contributed by atoms with Crippen LogP contribution in [0.15, 0.2) is 40.9 Å². The number of hydrogen-bond acceptors (Lipinski definition) is 0. The molecular weight excluding hydrogens is 262 g/mol. The molecular formula is C14H16BrN. The maximum absolute atomic E-state index is 3.47. The first-order valence-electron chi connectivity index (χ1n) is 5.64. The molecule has 1 heterocycles. The first-order chi connectivity index (χ1) is 7.72. The molecule has 84 valence electrons. The monoisotopic (exact) mass is 277 g/mol.